The Kier molecular flexibility index (Phi) is 5.41. The van der Waals surface area contributed by atoms with E-state index in [0.717, 1.165) is 22.3 Å². The van der Waals surface area contributed by atoms with Crippen LogP contribution in [-0.4, -0.2) is 30.2 Å². The summed E-state index contributed by atoms with van der Waals surface area (Å²) in [6.07, 6.45) is 0. The molecule has 6 nitrogen and oxygen atoms in total. The molecule has 0 atom stereocenters. The molecule has 2 aromatic carbocycles. The van der Waals surface area contributed by atoms with Crippen molar-refractivity contribution < 1.29 is 9.47 Å². The zero-order valence-corrected chi connectivity index (χ0v) is 15.5. The van der Waals surface area contributed by atoms with E-state index >= 15 is 0 Å². The number of hydrogen-bond acceptors (Lipinski definition) is 6. The van der Waals surface area contributed by atoms with Gasteiger partial charge in [0.05, 0.1) is 19.7 Å². The number of methoxy groups -OCH3 is 2. The molecule has 0 aliphatic rings. The quantitative estimate of drug-likeness (QED) is 0.668. The number of para-hydroxylation sites is 1. The minimum absolute atomic E-state index is 0.259. The largest absolute Gasteiger partial charge is 0.493 e. The summed E-state index contributed by atoms with van der Waals surface area (Å²) in [5, 5.41) is 7.68. The van der Waals surface area contributed by atoms with Gasteiger partial charge in [-0.25, -0.2) is 4.98 Å². The van der Waals surface area contributed by atoms with E-state index in [2.05, 4.69) is 34.4 Å². The number of hydrogen-bond donors (Lipinski definition) is 2. The van der Waals surface area contributed by atoms with E-state index in [0.29, 0.717) is 24.0 Å². The van der Waals surface area contributed by atoms with Gasteiger partial charge >= 0.3 is 0 Å². The molecule has 0 unspecified atom stereocenters. The molecule has 1 aromatic heterocycles. The van der Waals surface area contributed by atoms with Crippen molar-refractivity contribution in [2.24, 2.45) is 0 Å². The molecule has 0 saturated heterocycles. The first-order valence-electron chi connectivity index (χ1n) is 8.59. The molecule has 1 heterocycles. The van der Waals surface area contributed by atoms with Gasteiger partial charge in [0.2, 0.25) is 5.95 Å². The molecule has 0 aliphatic carbocycles. The number of nitrogens with one attached hydrogen (secondary N) is 2. The summed E-state index contributed by atoms with van der Waals surface area (Å²) in [5.41, 5.74) is 1.98. The molecule has 0 fully saturated rings. The van der Waals surface area contributed by atoms with Crippen molar-refractivity contribution in [1.82, 2.24) is 9.97 Å². The van der Waals surface area contributed by atoms with Gasteiger partial charge in [0, 0.05) is 18.0 Å². The number of rotatable bonds is 7. The van der Waals surface area contributed by atoms with Gasteiger partial charge in [-0.05, 0) is 43.7 Å². The fourth-order valence-corrected chi connectivity index (χ4v) is 2.71. The molecule has 0 spiro atoms. The highest BCUT2D eigenvalue weighted by Gasteiger charge is 2.09. The Morgan fingerprint density at radius 1 is 0.962 bits per heavy atom. The summed E-state index contributed by atoms with van der Waals surface area (Å²) in [5.74, 6) is 2.84. The third-order valence-electron chi connectivity index (χ3n) is 3.93. The first-order valence-corrected chi connectivity index (χ1v) is 8.59. The van der Waals surface area contributed by atoms with Gasteiger partial charge in [-0.2, -0.15) is 4.98 Å². The maximum atomic E-state index is 5.37. The summed E-state index contributed by atoms with van der Waals surface area (Å²) in [4.78, 5) is 9.23. The lowest BCUT2D eigenvalue weighted by atomic mass is 10.2. The van der Waals surface area contributed by atoms with E-state index < -0.39 is 0 Å². The lowest BCUT2D eigenvalue weighted by Crippen LogP contribution is -2.14. The fraction of sp³-hybridized carbons (Fsp3) is 0.300. The van der Waals surface area contributed by atoms with Crippen molar-refractivity contribution in [3.05, 3.63) is 48.0 Å². The maximum absolute atomic E-state index is 5.37. The summed E-state index contributed by atoms with van der Waals surface area (Å²) < 4.78 is 10.7. The summed E-state index contributed by atoms with van der Waals surface area (Å²) in [7, 11) is 3.27. The SMILES string of the molecule is COc1ccc(CNc2nc(NC(C)C)nc3ccccc23)cc1OC. The Hall–Kier alpha value is -3.02. The Balaban J connectivity index is 1.88. The van der Waals surface area contributed by atoms with Crippen LogP contribution in [0, 0.1) is 0 Å². The summed E-state index contributed by atoms with van der Waals surface area (Å²) >= 11 is 0. The second-order valence-corrected chi connectivity index (χ2v) is 6.25. The standard InChI is InChI=1S/C20H24N4O2/c1-13(2)22-20-23-16-8-6-5-7-15(16)19(24-20)21-12-14-9-10-17(25-3)18(11-14)26-4/h5-11,13H,12H2,1-4H3,(H2,21,22,23,24). The van der Waals surface area contributed by atoms with Gasteiger partial charge in [0.1, 0.15) is 5.82 Å². The lowest BCUT2D eigenvalue weighted by Gasteiger charge is -2.14. The molecule has 0 saturated carbocycles. The summed E-state index contributed by atoms with van der Waals surface area (Å²) in [6.45, 7) is 4.74. The van der Waals surface area contributed by atoms with E-state index in [1.54, 1.807) is 14.2 Å². The minimum Gasteiger partial charge on any atom is -0.493 e. The van der Waals surface area contributed by atoms with Crippen LogP contribution in [0.25, 0.3) is 10.9 Å². The molecule has 3 rings (SSSR count). The Morgan fingerprint density at radius 3 is 2.46 bits per heavy atom. The molecular formula is C20H24N4O2. The molecular weight excluding hydrogens is 328 g/mol. The normalized spacial score (nSPS) is 10.8. The topological polar surface area (TPSA) is 68.3 Å². The number of anilines is 2. The minimum atomic E-state index is 0.259. The van der Waals surface area contributed by atoms with Crippen LogP contribution in [0.3, 0.4) is 0 Å². The maximum Gasteiger partial charge on any atom is 0.225 e. The number of aromatic nitrogens is 2. The van der Waals surface area contributed by atoms with Crippen LogP contribution in [0.15, 0.2) is 42.5 Å². The van der Waals surface area contributed by atoms with Crippen molar-refractivity contribution >= 4 is 22.7 Å². The van der Waals surface area contributed by atoms with Gasteiger partial charge in [-0.1, -0.05) is 18.2 Å². The first kappa shape index (κ1) is 17.8. The number of ether oxygens (including phenoxy) is 2. The third-order valence-corrected chi connectivity index (χ3v) is 3.93. The predicted octanol–water partition coefficient (Wildman–Crippen LogP) is 4.08. The first-order chi connectivity index (χ1) is 12.6. The van der Waals surface area contributed by atoms with Gasteiger partial charge in [-0.15, -0.1) is 0 Å². The average molecular weight is 352 g/mol. The van der Waals surface area contributed by atoms with E-state index in [-0.39, 0.29) is 6.04 Å². The third kappa shape index (κ3) is 3.96. The summed E-state index contributed by atoms with van der Waals surface area (Å²) in [6, 6.07) is 14.1. The molecule has 2 N–H and O–H groups in total. The smallest absolute Gasteiger partial charge is 0.225 e. The van der Waals surface area contributed by atoms with E-state index in [9.17, 15) is 0 Å². The Morgan fingerprint density at radius 2 is 1.73 bits per heavy atom. The van der Waals surface area contributed by atoms with Crippen LogP contribution in [0.2, 0.25) is 0 Å². The second-order valence-electron chi connectivity index (χ2n) is 6.25. The van der Waals surface area contributed by atoms with Gasteiger partial charge in [0.15, 0.2) is 11.5 Å². The predicted molar refractivity (Wildman–Crippen MR) is 105 cm³/mol. The average Bonchev–Trinajstić information content (AvgIpc) is 2.65. The van der Waals surface area contributed by atoms with Gasteiger partial charge in [-0.3, -0.25) is 0 Å². The highest BCUT2D eigenvalue weighted by atomic mass is 16.5. The Labute approximate surface area is 153 Å². The van der Waals surface area contributed by atoms with Crippen LogP contribution >= 0.6 is 0 Å². The van der Waals surface area contributed by atoms with Crippen LogP contribution in [0.1, 0.15) is 19.4 Å². The number of fused-ring (bicyclic) bond motifs is 1. The molecule has 136 valence electrons. The van der Waals surface area contributed by atoms with E-state index in [1.165, 1.54) is 0 Å². The van der Waals surface area contributed by atoms with Crippen molar-refractivity contribution in [2.75, 3.05) is 24.9 Å². The highest BCUT2D eigenvalue weighted by Crippen LogP contribution is 2.28. The van der Waals surface area contributed by atoms with Crippen molar-refractivity contribution in [3.63, 3.8) is 0 Å². The van der Waals surface area contributed by atoms with Crippen LogP contribution < -0.4 is 20.1 Å². The van der Waals surface area contributed by atoms with Crippen LogP contribution in [0.4, 0.5) is 11.8 Å². The van der Waals surface area contributed by atoms with Crippen molar-refractivity contribution in [2.45, 2.75) is 26.4 Å². The van der Waals surface area contributed by atoms with Gasteiger partial charge < -0.3 is 20.1 Å². The zero-order chi connectivity index (χ0) is 18.5. The van der Waals surface area contributed by atoms with Crippen LogP contribution in [0.5, 0.6) is 11.5 Å². The van der Waals surface area contributed by atoms with Crippen molar-refractivity contribution in [3.8, 4) is 11.5 Å². The van der Waals surface area contributed by atoms with Crippen molar-refractivity contribution in [1.29, 1.82) is 0 Å². The van der Waals surface area contributed by atoms with E-state index in [4.69, 9.17) is 9.47 Å². The van der Waals surface area contributed by atoms with E-state index in [1.807, 2.05) is 42.5 Å². The number of benzene rings is 2. The second kappa shape index (κ2) is 7.91. The molecule has 3 aromatic rings. The molecule has 26 heavy (non-hydrogen) atoms. The highest BCUT2D eigenvalue weighted by molar-refractivity contribution is 5.90. The molecule has 0 amide bonds. The Bertz CT molecular complexity index is 896. The zero-order valence-electron chi connectivity index (χ0n) is 15.5. The van der Waals surface area contributed by atoms with Gasteiger partial charge in [0.25, 0.3) is 0 Å². The lowest BCUT2D eigenvalue weighted by molar-refractivity contribution is 0.354. The monoisotopic (exact) mass is 352 g/mol. The fourth-order valence-electron chi connectivity index (χ4n) is 2.71. The number of nitrogens with zero attached hydrogens (tertiary/aromatic N) is 2. The molecule has 0 radical (unpaired) electrons. The van der Waals surface area contributed by atoms with Crippen LogP contribution in [-0.2, 0) is 6.54 Å². The molecule has 0 aliphatic heterocycles. The molecule has 0 bridgehead atoms. The molecule has 6 heteroatoms.